The highest BCUT2D eigenvalue weighted by atomic mass is 35.5. The molecule has 0 saturated carbocycles. The van der Waals surface area contributed by atoms with Crippen molar-refractivity contribution in [1.82, 2.24) is 19.7 Å². The molecule has 1 unspecified atom stereocenters. The fraction of sp³-hybridized carbons (Fsp3) is 0.417. The minimum Gasteiger partial charge on any atom is -0.386 e. The van der Waals surface area contributed by atoms with Gasteiger partial charge in [-0.2, -0.15) is 5.10 Å². The van der Waals surface area contributed by atoms with Gasteiger partial charge in [0, 0.05) is 19.2 Å². The van der Waals surface area contributed by atoms with Gasteiger partial charge < -0.3 is 5.11 Å². The van der Waals surface area contributed by atoms with Crippen LogP contribution in [0.4, 0.5) is 0 Å². The largest absolute Gasteiger partial charge is 0.386 e. The fourth-order valence-corrected chi connectivity index (χ4v) is 2.00. The molecule has 0 aliphatic rings. The molecule has 0 aliphatic heterocycles. The van der Waals surface area contributed by atoms with Crippen LogP contribution in [0.1, 0.15) is 31.0 Å². The number of nitrogens with zero attached hydrogens (tertiary/aromatic N) is 4. The molecule has 0 amide bonds. The van der Waals surface area contributed by atoms with E-state index in [1.54, 1.807) is 23.0 Å². The Morgan fingerprint density at radius 3 is 3.00 bits per heavy atom. The molecule has 18 heavy (non-hydrogen) atoms. The van der Waals surface area contributed by atoms with Gasteiger partial charge in [0.15, 0.2) is 0 Å². The first kappa shape index (κ1) is 13.0. The molecular formula is C12H15ClN4O. The van der Waals surface area contributed by atoms with Gasteiger partial charge >= 0.3 is 0 Å². The molecule has 1 atom stereocenters. The maximum atomic E-state index is 10.1. The molecule has 5 nitrogen and oxygen atoms in total. The number of aliphatic hydroxyl groups excluding tert-OH is 1. The molecule has 96 valence electrons. The van der Waals surface area contributed by atoms with Gasteiger partial charge in [-0.1, -0.05) is 18.5 Å². The van der Waals surface area contributed by atoms with Gasteiger partial charge in [-0.15, -0.1) is 0 Å². The van der Waals surface area contributed by atoms with Crippen molar-refractivity contribution < 1.29 is 5.11 Å². The summed E-state index contributed by atoms with van der Waals surface area (Å²) in [7, 11) is 0. The first-order chi connectivity index (χ1) is 8.72. The molecule has 0 bridgehead atoms. The van der Waals surface area contributed by atoms with Crippen molar-refractivity contribution in [2.24, 2.45) is 0 Å². The molecule has 0 aromatic carbocycles. The Labute approximate surface area is 110 Å². The molecule has 0 spiro atoms. The first-order valence-corrected chi connectivity index (χ1v) is 6.25. The summed E-state index contributed by atoms with van der Waals surface area (Å²) in [6, 6.07) is 3.45. The SMILES string of the molecule is CCCn1ncnc1CC(O)c1ncccc1Cl. The number of aromatic nitrogens is 4. The third-order valence-corrected chi connectivity index (χ3v) is 2.93. The van der Waals surface area contributed by atoms with E-state index < -0.39 is 6.10 Å². The third-order valence-electron chi connectivity index (χ3n) is 2.61. The molecule has 2 rings (SSSR count). The number of halogens is 1. The van der Waals surface area contributed by atoms with E-state index in [2.05, 4.69) is 22.0 Å². The number of rotatable bonds is 5. The molecule has 0 radical (unpaired) electrons. The Hall–Kier alpha value is -1.46. The maximum absolute atomic E-state index is 10.1. The van der Waals surface area contributed by atoms with Gasteiger partial charge in [0.2, 0.25) is 0 Å². The van der Waals surface area contributed by atoms with Crippen LogP contribution in [-0.2, 0) is 13.0 Å². The highest BCUT2D eigenvalue weighted by Gasteiger charge is 2.16. The lowest BCUT2D eigenvalue weighted by molar-refractivity contribution is 0.169. The lowest BCUT2D eigenvalue weighted by Crippen LogP contribution is -2.11. The lowest BCUT2D eigenvalue weighted by atomic mass is 10.1. The number of aliphatic hydroxyl groups is 1. The van der Waals surface area contributed by atoms with E-state index in [1.807, 2.05) is 0 Å². The number of pyridine rings is 1. The van der Waals surface area contributed by atoms with Gasteiger partial charge in [0.1, 0.15) is 18.3 Å². The first-order valence-electron chi connectivity index (χ1n) is 5.87. The Balaban J connectivity index is 2.14. The molecule has 0 aliphatic carbocycles. The Kier molecular flexibility index (Phi) is 4.28. The molecule has 0 fully saturated rings. The van der Waals surface area contributed by atoms with Gasteiger partial charge in [0.25, 0.3) is 0 Å². The van der Waals surface area contributed by atoms with Gasteiger partial charge in [-0.05, 0) is 18.6 Å². The summed E-state index contributed by atoms with van der Waals surface area (Å²) in [6.07, 6.45) is 3.67. The summed E-state index contributed by atoms with van der Waals surface area (Å²) in [6.45, 7) is 2.86. The van der Waals surface area contributed by atoms with E-state index in [4.69, 9.17) is 11.6 Å². The van der Waals surface area contributed by atoms with Crippen LogP contribution in [-0.4, -0.2) is 24.9 Å². The predicted octanol–water partition coefficient (Wildman–Crippen LogP) is 2.01. The second-order valence-electron chi connectivity index (χ2n) is 3.99. The van der Waals surface area contributed by atoms with Crippen molar-refractivity contribution in [2.45, 2.75) is 32.4 Å². The van der Waals surface area contributed by atoms with Crippen molar-refractivity contribution in [1.29, 1.82) is 0 Å². The Morgan fingerprint density at radius 1 is 1.44 bits per heavy atom. The molecule has 6 heteroatoms. The van der Waals surface area contributed by atoms with E-state index in [0.29, 0.717) is 17.1 Å². The summed E-state index contributed by atoms with van der Waals surface area (Å²) in [5, 5.41) is 14.7. The molecule has 1 N–H and O–H groups in total. The molecule has 2 aromatic rings. The maximum Gasteiger partial charge on any atom is 0.138 e. The van der Waals surface area contributed by atoms with Crippen molar-refractivity contribution in [3.05, 3.63) is 41.2 Å². The monoisotopic (exact) mass is 266 g/mol. The van der Waals surface area contributed by atoms with E-state index in [9.17, 15) is 5.11 Å². The van der Waals surface area contributed by atoms with Gasteiger partial charge in [-0.25, -0.2) is 4.98 Å². The average molecular weight is 267 g/mol. The van der Waals surface area contributed by atoms with E-state index in [0.717, 1.165) is 18.8 Å². The third kappa shape index (κ3) is 2.86. The van der Waals surface area contributed by atoms with Crippen LogP contribution >= 0.6 is 11.6 Å². The zero-order chi connectivity index (χ0) is 13.0. The van der Waals surface area contributed by atoms with Crippen molar-refractivity contribution in [3.8, 4) is 0 Å². The summed E-state index contributed by atoms with van der Waals surface area (Å²) in [5.74, 6) is 0.742. The second-order valence-corrected chi connectivity index (χ2v) is 4.40. The summed E-state index contributed by atoms with van der Waals surface area (Å²) >= 11 is 5.99. The highest BCUT2D eigenvalue weighted by molar-refractivity contribution is 6.31. The standard InChI is InChI=1S/C12H15ClN4O/c1-2-6-17-11(15-8-16-17)7-10(18)12-9(13)4-3-5-14-12/h3-5,8,10,18H,2,6-7H2,1H3. The Bertz CT molecular complexity index is 514. The van der Waals surface area contributed by atoms with Crippen molar-refractivity contribution >= 4 is 11.6 Å². The van der Waals surface area contributed by atoms with Crippen LogP contribution in [0.15, 0.2) is 24.7 Å². The fourth-order valence-electron chi connectivity index (χ4n) is 1.76. The van der Waals surface area contributed by atoms with E-state index >= 15 is 0 Å². The van der Waals surface area contributed by atoms with Gasteiger partial charge in [0.05, 0.1) is 10.7 Å². The van der Waals surface area contributed by atoms with Crippen LogP contribution in [0.3, 0.4) is 0 Å². The van der Waals surface area contributed by atoms with E-state index in [-0.39, 0.29) is 0 Å². The highest BCUT2D eigenvalue weighted by Crippen LogP contribution is 2.22. The predicted molar refractivity (Wildman–Crippen MR) is 68.2 cm³/mol. The lowest BCUT2D eigenvalue weighted by Gasteiger charge is -2.11. The summed E-state index contributed by atoms with van der Waals surface area (Å²) in [4.78, 5) is 8.25. The minimum absolute atomic E-state index is 0.358. The van der Waals surface area contributed by atoms with Crippen LogP contribution in [0.2, 0.25) is 5.02 Å². The van der Waals surface area contributed by atoms with Crippen LogP contribution < -0.4 is 0 Å². The van der Waals surface area contributed by atoms with Gasteiger partial charge in [-0.3, -0.25) is 9.67 Å². The summed E-state index contributed by atoms with van der Waals surface area (Å²) in [5.41, 5.74) is 0.477. The summed E-state index contributed by atoms with van der Waals surface area (Å²) < 4.78 is 1.79. The van der Waals surface area contributed by atoms with Crippen molar-refractivity contribution in [2.75, 3.05) is 0 Å². The number of aryl methyl sites for hydroxylation is 1. The Morgan fingerprint density at radius 2 is 2.28 bits per heavy atom. The number of hydrogen-bond acceptors (Lipinski definition) is 4. The zero-order valence-corrected chi connectivity index (χ0v) is 10.9. The smallest absolute Gasteiger partial charge is 0.138 e. The van der Waals surface area contributed by atoms with Crippen LogP contribution in [0.25, 0.3) is 0 Å². The zero-order valence-electron chi connectivity index (χ0n) is 10.1. The number of hydrogen-bond donors (Lipinski definition) is 1. The molecule has 0 saturated heterocycles. The normalized spacial score (nSPS) is 12.6. The quantitative estimate of drug-likeness (QED) is 0.899. The van der Waals surface area contributed by atoms with Crippen LogP contribution in [0, 0.1) is 0 Å². The van der Waals surface area contributed by atoms with E-state index in [1.165, 1.54) is 6.33 Å². The molecule has 2 heterocycles. The van der Waals surface area contributed by atoms with Crippen molar-refractivity contribution in [3.63, 3.8) is 0 Å². The average Bonchev–Trinajstić information content (AvgIpc) is 2.78. The molecule has 2 aromatic heterocycles. The van der Waals surface area contributed by atoms with Crippen LogP contribution in [0.5, 0.6) is 0 Å². The molecular weight excluding hydrogens is 252 g/mol. The topological polar surface area (TPSA) is 63.8 Å². The minimum atomic E-state index is -0.765. The second kappa shape index (κ2) is 5.93.